The Morgan fingerprint density at radius 3 is 2.75 bits per heavy atom. The van der Waals surface area contributed by atoms with Crippen LogP contribution >= 0.6 is 34.5 Å². The number of nitrogens with zero attached hydrogens (tertiary/aromatic N) is 2. The molecule has 0 fully saturated rings. The minimum absolute atomic E-state index is 0.0893. The van der Waals surface area contributed by atoms with Gasteiger partial charge in [-0.25, -0.2) is 4.98 Å². The van der Waals surface area contributed by atoms with E-state index in [9.17, 15) is 10.1 Å². The zero-order chi connectivity index (χ0) is 22.5. The van der Waals surface area contributed by atoms with E-state index in [1.165, 1.54) is 17.4 Å². The average Bonchev–Trinajstić information content (AvgIpc) is 3.44. The summed E-state index contributed by atoms with van der Waals surface area (Å²) >= 11 is 13.6. The SMILES string of the molecule is N#CC(=Cc1ccc(-c2ccccc2)o1)C(=O)Nc1ncc(Cc2cc(Cl)ccc2Cl)s1. The second-order valence-corrected chi connectivity index (χ2v) is 8.70. The molecule has 0 saturated heterocycles. The average molecular weight is 480 g/mol. The number of rotatable bonds is 6. The number of thiazole rings is 1. The number of anilines is 1. The fourth-order valence-electron chi connectivity index (χ4n) is 2.96. The molecule has 0 aliphatic carbocycles. The molecule has 4 rings (SSSR count). The first-order chi connectivity index (χ1) is 15.5. The van der Waals surface area contributed by atoms with Crippen LogP contribution in [0.3, 0.4) is 0 Å². The number of amides is 1. The van der Waals surface area contributed by atoms with Crippen LogP contribution in [0.25, 0.3) is 17.4 Å². The molecule has 0 spiro atoms. The van der Waals surface area contributed by atoms with Gasteiger partial charge in [0.1, 0.15) is 23.2 Å². The number of aromatic nitrogens is 1. The molecule has 2 aromatic heterocycles. The van der Waals surface area contributed by atoms with Crippen molar-refractivity contribution in [2.45, 2.75) is 6.42 Å². The fourth-order valence-corrected chi connectivity index (χ4v) is 4.17. The van der Waals surface area contributed by atoms with Gasteiger partial charge >= 0.3 is 0 Å². The zero-order valence-corrected chi connectivity index (χ0v) is 18.8. The summed E-state index contributed by atoms with van der Waals surface area (Å²) in [6, 6.07) is 20.2. The van der Waals surface area contributed by atoms with Crippen molar-refractivity contribution in [2.75, 3.05) is 5.32 Å². The van der Waals surface area contributed by atoms with E-state index in [2.05, 4.69) is 10.3 Å². The molecule has 1 amide bonds. The van der Waals surface area contributed by atoms with Crippen LogP contribution in [-0.2, 0) is 11.2 Å². The van der Waals surface area contributed by atoms with E-state index in [1.807, 2.05) is 36.4 Å². The number of halogens is 2. The van der Waals surface area contributed by atoms with Gasteiger partial charge in [0.15, 0.2) is 5.13 Å². The van der Waals surface area contributed by atoms with Crippen molar-refractivity contribution >= 4 is 51.7 Å². The predicted octanol–water partition coefficient (Wildman–Crippen LogP) is 6.85. The largest absolute Gasteiger partial charge is 0.457 e. The monoisotopic (exact) mass is 479 g/mol. The first-order valence-corrected chi connectivity index (χ1v) is 11.1. The maximum Gasteiger partial charge on any atom is 0.268 e. The number of carbonyl (C=O) groups excluding carboxylic acids is 1. The number of hydrogen-bond acceptors (Lipinski definition) is 5. The van der Waals surface area contributed by atoms with Gasteiger partial charge in [-0.1, -0.05) is 53.5 Å². The van der Waals surface area contributed by atoms with Crippen LogP contribution in [0.4, 0.5) is 5.13 Å². The maximum atomic E-state index is 12.6. The molecule has 158 valence electrons. The van der Waals surface area contributed by atoms with Crippen molar-refractivity contribution in [3.05, 3.63) is 98.7 Å². The third-order valence-corrected chi connectivity index (χ3v) is 6.00. The molecule has 2 heterocycles. The second-order valence-electron chi connectivity index (χ2n) is 6.74. The van der Waals surface area contributed by atoms with E-state index in [1.54, 1.807) is 36.5 Å². The normalized spacial score (nSPS) is 11.2. The third-order valence-electron chi connectivity index (χ3n) is 4.48. The fraction of sp³-hybridized carbons (Fsp3) is 0.0417. The van der Waals surface area contributed by atoms with Crippen LogP contribution in [0.5, 0.6) is 0 Å². The minimum Gasteiger partial charge on any atom is -0.457 e. The molecule has 4 aromatic rings. The number of furan rings is 1. The summed E-state index contributed by atoms with van der Waals surface area (Å²) in [5.41, 5.74) is 1.68. The van der Waals surface area contributed by atoms with E-state index in [0.717, 1.165) is 16.0 Å². The van der Waals surface area contributed by atoms with Crippen LogP contribution in [0.15, 0.2) is 76.9 Å². The van der Waals surface area contributed by atoms with Crippen molar-refractivity contribution in [2.24, 2.45) is 0 Å². The summed E-state index contributed by atoms with van der Waals surface area (Å²) in [7, 11) is 0. The van der Waals surface area contributed by atoms with Crippen LogP contribution in [-0.4, -0.2) is 10.9 Å². The van der Waals surface area contributed by atoms with Gasteiger partial charge in [-0.3, -0.25) is 10.1 Å². The molecule has 0 aliphatic heterocycles. The molecule has 0 aliphatic rings. The minimum atomic E-state index is -0.563. The molecule has 2 aromatic carbocycles. The van der Waals surface area contributed by atoms with Gasteiger partial charge in [0.25, 0.3) is 5.91 Å². The van der Waals surface area contributed by atoms with Gasteiger partial charge in [0, 0.05) is 39.2 Å². The Hall–Kier alpha value is -3.37. The van der Waals surface area contributed by atoms with E-state index < -0.39 is 5.91 Å². The van der Waals surface area contributed by atoms with Crippen LogP contribution < -0.4 is 5.32 Å². The molecule has 8 heteroatoms. The quantitative estimate of drug-likeness (QED) is 0.242. The van der Waals surface area contributed by atoms with E-state index in [-0.39, 0.29) is 5.57 Å². The number of nitrogens with one attached hydrogen (secondary N) is 1. The summed E-state index contributed by atoms with van der Waals surface area (Å²) < 4.78 is 5.75. The Balaban J connectivity index is 1.45. The summed E-state index contributed by atoms with van der Waals surface area (Å²) in [5, 5.41) is 13.7. The summed E-state index contributed by atoms with van der Waals surface area (Å²) in [6.45, 7) is 0. The van der Waals surface area contributed by atoms with Crippen molar-refractivity contribution < 1.29 is 9.21 Å². The number of nitriles is 1. The van der Waals surface area contributed by atoms with Gasteiger partial charge in [-0.05, 0) is 35.9 Å². The van der Waals surface area contributed by atoms with Gasteiger partial charge in [0.05, 0.1) is 0 Å². The molecule has 5 nitrogen and oxygen atoms in total. The highest BCUT2D eigenvalue weighted by Crippen LogP contribution is 2.27. The van der Waals surface area contributed by atoms with Gasteiger partial charge < -0.3 is 4.42 Å². The highest BCUT2D eigenvalue weighted by molar-refractivity contribution is 7.15. The van der Waals surface area contributed by atoms with Gasteiger partial charge in [0.2, 0.25) is 0 Å². The van der Waals surface area contributed by atoms with Crippen LogP contribution in [0.1, 0.15) is 16.2 Å². The molecule has 0 saturated carbocycles. The molecule has 1 N–H and O–H groups in total. The zero-order valence-electron chi connectivity index (χ0n) is 16.5. The van der Waals surface area contributed by atoms with Gasteiger partial charge in [-0.2, -0.15) is 5.26 Å². The smallest absolute Gasteiger partial charge is 0.268 e. The molecular formula is C24H15Cl2N3O2S. The molecule has 32 heavy (non-hydrogen) atoms. The Morgan fingerprint density at radius 2 is 1.97 bits per heavy atom. The Bertz CT molecular complexity index is 1340. The molecule has 0 radical (unpaired) electrons. The lowest BCUT2D eigenvalue weighted by Gasteiger charge is -2.02. The van der Waals surface area contributed by atoms with E-state index in [4.69, 9.17) is 27.6 Å². The number of hydrogen-bond donors (Lipinski definition) is 1. The summed E-state index contributed by atoms with van der Waals surface area (Å²) in [5.74, 6) is 0.497. The standard InChI is InChI=1S/C24H15Cl2N3O2S/c25-18-6-8-21(26)16(10-18)12-20-14-28-24(32-20)29-23(30)17(13-27)11-19-7-9-22(31-19)15-4-2-1-3-5-15/h1-11,14H,12H2,(H,28,29,30). The van der Waals surface area contributed by atoms with Crippen LogP contribution in [0, 0.1) is 11.3 Å². The maximum absolute atomic E-state index is 12.6. The summed E-state index contributed by atoms with van der Waals surface area (Å²) in [4.78, 5) is 17.7. The van der Waals surface area contributed by atoms with Crippen molar-refractivity contribution in [3.63, 3.8) is 0 Å². The lowest BCUT2D eigenvalue weighted by molar-refractivity contribution is -0.112. The third kappa shape index (κ3) is 5.27. The highest BCUT2D eigenvalue weighted by Gasteiger charge is 2.14. The Morgan fingerprint density at radius 1 is 1.16 bits per heavy atom. The van der Waals surface area contributed by atoms with Crippen LogP contribution in [0.2, 0.25) is 10.0 Å². The van der Waals surface area contributed by atoms with Crippen molar-refractivity contribution in [1.29, 1.82) is 5.26 Å². The van der Waals surface area contributed by atoms with E-state index in [0.29, 0.717) is 33.1 Å². The highest BCUT2D eigenvalue weighted by atomic mass is 35.5. The lowest BCUT2D eigenvalue weighted by atomic mass is 10.1. The first kappa shape index (κ1) is 21.8. The molecule has 0 atom stereocenters. The van der Waals surface area contributed by atoms with E-state index >= 15 is 0 Å². The molecular weight excluding hydrogens is 465 g/mol. The molecule has 0 bridgehead atoms. The predicted molar refractivity (Wildman–Crippen MR) is 128 cm³/mol. The van der Waals surface area contributed by atoms with Gasteiger partial charge in [-0.15, -0.1) is 11.3 Å². The molecule has 0 unspecified atom stereocenters. The topological polar surface area (TPSA) is 78.9 Å². The number of benzene rings is 2. The first-order valence-electron chi connectivity index (χ1n) is 9.49. The van der Waals surface area contributed by atoms with Crippen molar-refractivity contribution in [1.82, 2.24) is 4.98 Å². The lowest BCUT2D eigenvalue weighted by Crippen LogP contribution is -2.13. The Kier molecular flexibility index (Phi) is 6.72. The summed E-state index contributed by atoms with van der Waals surface area (Å²) in [6.07, 6.45) is 3.59. The second kappa shape index (κ2) is 9.84. The number of carbonyl (C=O) groups is 1. The Labute approximate surface area is 198 Å². The van der Waals surface area contributed by atoms with Crippen molar-refractivity contribution in [3.8, 4) is 17.4 Å².